The summed E-state index contributed by atoms with van der Waals surface area (Å²) in [7, 11) is 0. The molecule has 1 amide bonds. The van der Waals surface area contributed by atoms with Crippen molar-refractivity contribution in [2.45, 2.75) is 52.1 Å². The van der Waals surface area contributed by atoms with Gasteiger partial charge in [0.2, 0.25) is 11.9 Å². The molecule has 0 aromatic carbocycles. The first-order chi connectivity index (χ1) is 13.4. The third-order valence-corrected chi connectivity index (χ3v) is 6.45. The normalized spacial score (nSPS) is 25.2. The molecule has 3 aliphatic heterocycles. The standard InChI is InChI=1S/C21H33N5O2/c1-16(2)13-26-15-21(12-19(26)28)6-10-24(11-7-21)20-22-8-5-18(23-20)25-9-3-4-17(27)14-25/h5,8,16-17,27H,3-4,6-7,9-15H2,1-2H3/t17-/m0/s1. The van der Waals surface area contributed by atoms with E-state index in [4.69, 9.17) is 4.98 Å². The number of carbonyl (C=O) groups excluding carboxylic acids is 1. The van der Waals surface area contributed by atoms with Crippen molar-refractivity contribution in [2.75, 3.05) is 49.1 Å². The summed E-state index contributed by atoms with van der Waals surface area (Å²) < 4.78 is 0. The summed E-state index contributed by atoms with van der Waals surface area (Å²) in [6.45, 7) is 9.50. The van der Waals surface area contributed by atoms with Crippen molar-refractivity contribution < 1.29 is 9.90 Å². The molecule has 3 fully saturated rings. The first-order valence-corrected chi connectivity index (χ1v) is 10.7. The number of aliphatic hydroxyl groups is 1. The van der Waals surface area contributed by atoms with Crippen LogP contribution in [0.1, 0.15) is 46.0 Å². The molecule has 154 valence electrons. The topological polar surface area (TPSA) is 72.8 Å². The number of β-amino-alcohol motifs (C(OH)–C–C–N with tert-alkyl or cyclic N) is 1. The van der Waals surface area contributed by atoms with Crippen LogP contribution in [0, 0.1) is 11.3 Å². The van der Waals surface area contributed by atoms with E-state index >= 15 is 0 Å². The second-order valence-electron chi connectivity index (χ2n) is 9.29. The van der Waals surface area contributed by atoms with Crippen LogP contribution >= 0.6 is 0 Å². The number of nitrogens with zero attached hydrogens (tertiary/aromatic N) is 5. The van der Waals surface area contributed by atoms with Crippen molar-refractivity contribution in [1.29, 1.82) is 0 Å². The van der Waals surface area contributed by atoms with E-state index in [2.05, 4.69) is 33.5 Å². The van der Waals surface area contributed by atoms with Crippen LogP contribution in [-0.2, 0) is 4.79 Å². The molecule has 0 aliphatic carbocycles. The molecule has 1 aromatic rings. The number of likely N-dealkylation sites (tertiary alicyclic amines) is 1. The summed E-state index contributed by atoms with van der Waals surface area (Å²) in [6.07, 6.45) is 6.15. The monoisotopic (exact) mass is 387 g/mol. The highest BCUT2D eigenvalue weighted by Gasteiger charge is 2.45. The largest absolute Gasteiger partial charge is 0.391 e. The van der Waals surface area contributed by atoms with Gasteiger partial charge in [-0.3, -0.25) is 4.79 Å². The van der Waals surface area contributed by atoms with Crippen LogP contribution in [0.5, 0.6) is 0 Å². The van der Waals surface area contributed by atoms with Gasteiger partial charge in [-0.15, -0.1) is 0 Å². The van der Waals surface area contributed by atoms with Gasteiger partial charge in [0.15, 0.2) is 0 Å². The Morgan fingerprint density at radius 2 is 2.04 bits per heavy atom. The highest BCUT2D eigenvalue weighted by Crippen LogP contribution is 2.41. The fourth-order valence-electron chi connectivity index (χ4n) is 4.94. The van der Waals surface area contributed by atoms with Gasteiger partial charge in [0, 0.05) is 57.3 Å². The highest BCUT2D eigenvalue weighted by molar-refractivity contribution is 5.79. The Balaban J connectivity index is 1.39. The number of amides is 1. The minimum absolute atomic E-state index is 0.136. The second kappa shape index (κ2) is 7.85. The lowest BCUT2D eigenvalue weighted by Crippen LogP contribution is -2.43. The van der Waals surface area contributed by atoms with Gasteiger partial charge in [0.1, 0.15) is 5.82 Å². The minimum atomic E-state index is -0.268. The summed E-state index contributed by atoms with van der Waals surface area (Å²) >= 11 is 0. The molecule has 3 saturated heterocycles. The average Bonchev–Trinajstić information content (AvgIpc) is 2.96. The number of hydrogen-bond donors (Lipinski definition) is 1. The molecule has 1 atom stereocenters. The molecule has 4 heterocycles. The third-order valence-electron chi connectivity index (χ3n) is 6.45. The van der Waals surface area contributed by atoms with Crippen LogP contribution in [0.2, 0.25) is 0 Å². The SMILES string of the molecule is CC(C)CN1CC2(CCN(c3nccc(N4CCC[C@H](O)C4)n3)CC2)CC1=O. The van der Waals surface area contributed by atoms with Gasteiger partial charge < -0.3 is 19.8 Å². The minimum Gasteiger partial charge on any atom is -0.391 e. The van der Waals surface area contributed by atoms with Crippen LogP contribution in [0.15, 0.2) is 12.3 Å². The zero-order valence-corrected chi connectivity index (χ0v) is 17.2. The molecule has 0 unspecified atom stereocenters. The van der Waals surface area contributed by atoms with E-state index in [9.17, 15) is 9.90 Å². The number of piperidine rings is 2. The maximum atomic E-state index is 12.4. The van der Waals surface area contributed by atoms with Crippen LogP contribution in [0.3, 0.4) is 0 Å². The lowest BCUT2D eigenvalue weighted by atomic mass is 9.77. The van der Waals surface area contributed by atoms with Gasteiger partial charge in [0.05, 0.1) is 6.10 Å². The van der Waals surface area contributed by atoms with Crippen molar-refractivity contribution >= 4 is 17.7 Å². The predicted molar refractivity (Wildman–Crippen MR) is 109 cm³/mol. The predicted octanol–water partition coefficient (Wildman–Crippen LogP) is 1.91. The van der Waals surface area contributed by atoms with Gasteiger partial charge in [-0.1, -0.05) is 13.8 Å². The number of anilines is 2. The molecule has 1 aromatic heterocycles. The fourth-order valence-corrected chi connectivity index (χ4v) is 4.94. The number of aromatic nitrogens is 2. The maximum absolute atomic E-state index is 12.4. The molecule has 7 heteroatoms. The molecule has 0 saturated carbocycles. The molecule has 4 rings (SSSR count). The zero-order valence-electron chi connectivity index (χ0n) is 17.2. The Labute approximate surface area is 167 Å². The summed E-state index contributed by atoms with van der Waals surface area (Å²) in [5, 5.41) is 9.95. The van der Waals surface area contributed by atoms with E-state index < -0.39 is 0 Å². The summed E-state index contributed by atoms with van der Waals surface area (Å²) in [6, 6.07) is 1.94. The molecule has 1 N–H and O–H groups in total. The Kier molecular flexibility index (Phi) is 5.45. The van der Waals surface area contributed by atoms with Crippen molar-refractivity contribution in [3.8, 4) is 0 Å². The second-order valence-corrected chi connectivity index (χ2v) is 9.29. The summed E-state index contributed by atoms with van der Waals surface area (Å²) in [4.78, 5) is 28.2. The Morgan fingerprint density at radius 1 is 1.25 bits per heavy atom. The number of carbonyl (C=O) groups is 1. The van der Waals surface area contributed by atoms with Crippen LogP contribution in [0.4, 0.5) is 11.8 Å². The molecular weight excluding hydrogens is 354 g/mol. The summed E-state index contributed by atoms with van der Waals surface area (Å²) in [5.41, 5.74) is 0.136. The molecular formula is C21H33N5O2. The molecule has 0 radical (unpaired) electrons. The average molecular weight is 388 g/mol. The van der Waals surface area contributed by atoms with E-state index in [1.54, 1.807) is 0 Å². The van der Waals surface area contributed by atoms with E-state index in [-0.39, 0.29) is 11.5 Å². The lowest BCUT2D eigenvalue weighted by molar-refractivity contribution is -0.128. The van der Waals surface area contributed by atoms with E-state index in [1.165, 1.54) is 0 Å². The molecule has 28 heavy (non-hydrogen) atoms. The lowest BCUT2D eigenvalue weighted by Gasteiger charge is -2.39. The van der Waals surface area contributed by atoms with Crippen molar-refractivity contribution in [3.63, 3.8) is 0 Å². The van der Waals surface area contributed by atoms with Gasteiger partial charge in [0.25, 0.3) is 0 Å². The van der Waals surface area contributed by atoms with E-state index in [0.717, 1.165) is 70.2 Å². The summed E-state index contributed by atoms with van der Waals surface area (Å²) in [5.74, 6) is 2.52. The maximum Gasteiger partial charge on any atom is 0.227 e. The van der Waals surface area contributed by atoms with Gasteiger partial charge in [-0.25, -0.2) is 4.98 Å². The van der Waals surface area contributed by atoms with E-state index in [0.29, 0.717) is 24.8 Å². The van der Waals surface area contributed by atoms with Gasteiger partial charge in [-0.2, -0.15) is 4.98 Å². The zero-order chi connectivity index (χ0) is 19.7. The number of aliphatic hydroxyl groups excluding tert-OH is 1. The third kappa shape index (κ3) is 4.09. The highest BCUT2D eigenvalue weighted by atomic mass is 16.3. The Hall–Kier alpha value is -1.89. The van der Waals surface area contributed by atoms with Gasteiger partial charge >= 0.3 is 0 Å². The fraction of sp³-hybridized carbons (Fsp3) is 0.762. The van der Waals surface area contributed by atoms with E-state index in [1.807, 2.05) is 12.3 Å². The smallest absolute Gasteiger partial charge is 0.227 e. The van der Waals surface area contributed by atoms with Crippen LogP contribution in [-0.4, -0.2) is 71.3 Å². The molecule has 3 aliphatic rings. The molecule has 1 spiro atoms. The van der Waals surface area contributed by atoms with Gasteiger partial charge in [-0.05, 0) is 37.7 Å². The first-order valence-electron chi connectivity index (χ1n) is 10.7. The van der Waals surface area contributed by atoms with Crippen molar-refractivity contribution in [1.82, 2.24) is 14.9 Å². The van der Waals surface area contributed by atoms with Crippen molar-refractivity contribution in [2.24, 2.45) is 11.3 Å². The first kappa shape index (κ1) is 19.4. The van der Waals surface area contributed by atoms with Crippen LogP contribution < -0.4 is 9.80 Å². The van der Waals surface area contributed by atoms with Crippen LogP contribution in [0.25, 0.3) is 0 Å². The molecule has 0 bridgehead atoms. The van der Waals surface area contributed by atoms with Crippen molar-refractivity contribution in [3.05, 3.63) is 12.3 Å². The molecule has 7 nitrogen and oxygen atoms in total. The Bertz CT molecular complexity index is 702. The number of rotatable bonds is 4. The quantitative estimate of drug-likeness (QED) is 0.851. The Morgan fingerprint density at radius 3 is 2.75 bits per heavy atom. The number of hydrogen-bond acceptors (Lipinski definition) is 6.